The summed E-state index contributed by atoms with van der Waals surface area (Å²) in [7, 11) is -3.65. The maximum atomic E-state index is 12.3. The van der Waals surface area contributed by atoms with Gasteiger partial charge in [-0.2, -0.15) is 0 Å². The van der Waals surface area contributed by atoms with Crippen LogP contribution in [0.4, 0.5) is 4.39 Å². The van der Waals surface area contributed by atoms with Crippen LogP contribution < -0.4 is 5.14 Å². The highest BCUT2D eigenvalue weighted by atomic mass is 32.2. The number of primary sulfonamides is 1. The summed E-state index contributed by atoms with van der Waals surface area (Å²) in [4.78, 5) is 3.60. The maximum Gasteiger partial charge on any atom is 0.231 e. The second kappa shape index (κ2) is 3.63. The predicted molar refractivity (Wildman–Crippen MR) is 46.3 cm³/mol. The summed E-state index contributed by atoms with van der Waals surface area (Å²) in [5, 5.41) is 5.50. The highest BCUT2D eigenvalue weighted by Gasteiger charge is 1.95. The minimum Gasteiger partial charge on any atom is -0.254 e. The summed E-state index contributed by atoms with van der Waals surface area (Å²) in [6, 6.07) is 2.52. The van der Waals surface area contributed by atoms with Crippen molar-refractivity contribution in [2.45, 2.75) is 0 Å². The highest BCUT2D eigenvalue weighted by Crippen LogP contribution is 2.00. The average Bonchev–Trinajstić information content (AvgIpc) is 2.02. The summed E-state index contributed by atoms with van der Waals surface area (Å²) in [6.45, 7) is 0. The first-order valence-corrected chi connectivity index (χ1v) is 4.91. The van der Waals surface area contributed by atoms with E-state index in [1.54, 1.807) is 0 Å². The Morgan fingerprint density at radius 3 is 2.62 bits per heavy atom. The van der Waals surface area contributed by atoms with Crippen LogP contribution in [0.25, 0.3) is 6.08 Å². The third kappa shape index (κ3) is 3.77. The Morgan fingerprint density at radius 2 is 2.15 bits per heavy atom. The number of rotatable bonds is 2. The van der Waals surface area contributed by atoms with Crippen molar-refractivity contribution < 1.29 is 12.8 Å². The van der Waals surface area contributed by atoms with E-state index in [0.717, 1.165) is 11.6 Å². The maximum absolute atomic E-state index is 12.3. The van der Waals surface area contributed by atoms with Crippen molar-refractivity contribution in [3.63, 3.8) is 0 Å². The first-order valence-electron chi connectivity index (χ1n) is 3.30. The number of aromatic nitrogens is 1. The summed E-state index contributed by atoms with van der Waals surface area (Å²) < 4.78 is 33.3. The van der Waals surface area contributed by atoms with Gasteiger partial charge in [-0.25, -0.2) is 17.9 Å². The van der Waals surface area contributed by atoms with E-state index in [4.69, 9.17) is 5.14 Å². The molecule has 0 saturated carbocycles. The smallest absolute Gasteiger partial charge is 0.231 e. The van der Waals surface area contributed by atoms with Gasteiger partial charge < -0.3 is 0 Å². The van der Waals surface area contributed by atoms with Gasteiger partial charge in [-0.15, -0.1) is 0 Å². The summed E-state index contributed by atoms with van der Waals surface area (Å²) in [5.74, 6) is -0.479. The van der Waals surface area contributed by atoms with Crippen LogP contribution in [0.3, 0.4) is 0 Å². The van der Waals surface area contributed by atoms with Crippen LogP contribution in [-0.2, 0) is 10.0 Å². The number of pyridine rings is 1. The van der Waals surface area contributed by atoms with Crippen LogP contribution in [0.5, 0.6) is 0 Å². The van der Waals surface area contributed by atoms with Gasteiger partial charge >= 0.3 is 0 Å². The van der Waals surface area contributed by atoms with Crippen molar-refractivity contribution in [3.05, 3.63) is 35.2 Å². The highest BCUT2D eigenvalue weighted by molar-refractivity contribution is 7.92. The normalized spacial score (nSPS) is 12.2. The van der Waals surface area contributed by atoms with E-state index < -0.39 is 15.8 Å². The first kappa shape index (κ1) is 9.82. The lowest BCUT2D eigenvalue weighted by Crippen LogP contribution is -2.06. The zero-order chi connectivity index (χ0) is 9.90. The van der Waals surface area contributed by atoms with E-state index in [1.165, 1.54) is 18.2 Å². The lowest BCUT2D eigenvalue weighted by molar-refractivity contribution is 0.606. The van der Waals surface area contributed by atoms with Crippen molar-refractivity contribution in [2.75, 3.05) is 0 Å². The fraction of sp³-hybridized carbons (Fsp3) is 0. The number of hydrogen-bond donors (Lipinski definition) is 1. The molecule has 70 valence electrons. The van der Waals surface area contributed by atoms with Gasteiger partial charge in [0.15, 0.2) is 0 Å². The number of nitrogens with zero attached hydrogens (tertiary/aromatic N) is 1. The number of sulfonamides is 1. The van der Waals surface area contributed by atoms with Gasteiger partial charge in [-0.1, -0.05) is 0 Å². The van der Waals surface area contributed by atoms with Crippen LogP contribution in [0.2, 0.25) is 0 Å². The molecule has 0 aliphatic heterocycles. The monoisotopic (exact) mass is 202 g/mol. The standard InChI is InChI=1S/C7H7FN2O2S/c8-6-1-2-7(10-5-6)3-4-13(9,11)12/h1-5H,(H2,9,11,12)/b4-3+. The molecule has 0 amide bonds. The lowest BCUT2D eigenvalue weighted by Gasteiger charge is -1.90. The van der Waals surface area contributed by atoms with E-state index in [1.807, 2.05) is 0 Å². The Balaban J connectivity index is 2.88. The molecule has 1 rings (SSSR count). The largest absolute Gasteiger partial charge is 0.254 e. The Hall–Kier alpha value is -1.27. The minimum atomic E-state index is -3.65. The van der Waals surface area contributed by atoms with Gasteiger partial charge in [0.05, 0.1) is 11.9 Å². The minimum absolute atomic E-state index is 0.329. The van der Waals surface area contributed by atoms with Crippen molar-refractivity contribution in [1.82, 2.24) is 4.98 Å². The Kier molecular flexibility index (Phi) is 2.74. The average molecular weight is 202 g/mol. The van der Waals surface area contributed by atoms with Crippen LogP contribution in [0.1, 0.15) is 5.69 Å². The van der Waals surface area contributed by atoms with Crippen molar-refractivity contribution in [2.24, 2.45) is 5.14 Å². The molecule has 0 saturated heterocycles. The summed E-state index contributed by atoms with van der Waals surface area (Å²) in [5.41, 5.74) is 0.329. The lowest BCUT2D eigenvalue weighted by atomic mass is 10.3. The molecule has 0 aromatic carbocycles. The number of hydrogen-bond acceptors (Lipinski definition) is 3. The fourth-order valence-corrected chi connectivity index (χ4v) is 0.980. The molecule has 0 atom stereocenters. The van der Waals surface area contributed by atoms with Gasteiger partial charge in [0, 0.05) is 5.41 Å². The van der Waals surface area contributed by atoms with Crippen LogP contribution >= 0.6 is 0 Å². The molecule has 0 aliphatic rings. The van der Waals surface area contributed by atoms with E-state index >= 15 is 0 Å². The van der Waals surface area contributed by atoms with Gasteiger partial charge in [-0.3, -0.25) is 4.98 Å². The Labute approximate surface area is 75.0 Å². The van der Waals surface area contributed by atoms with Gasteiger partial charge in [-0.05, 0) is 18.2 Å². The van der Waals surface area contributed by atoms with E-state index in [-0.39, 0.29) is 0 Å². The van der Waals surface area contributed by atoms with Gasteiger partial charge in [0.2, 0.25) is 10.0 Å². The SMILES string of the molecule is NS(=O)(=O)/C=C/c1ccc(F)cn1. The third-order valence-electron chi connectivity index (χ3n) is 1.18. The Bertz CT molecular complexity index is 411. The van der Waals surface area contributed by atoms with Crippen molar-refractivity contribution in [3.8, 4) is 0 Å². The second-order valence-electron chi connectivity index (χ2n) is 2.29. The van der Waals surface area contributed by atoms with Gasteiger partial charge in [0.25, 0.3) is 0 Å². The zero-order valence-corrected chi connectivity index (χ0v) is 7.33. The molecule has 4 nitrogen and oxygen atoms in total. The van der Waals surface area contributed by atoms with E-state index in [9.17, 15) is 12.8 Å². The molecule has 0 unspecified atom stereocenters. The van der Waals surface area contributed by atoms with Crippen molar-refractivity contribution >= 4 is 16.1 Å². The van der Waals surface area contributed by atoms with E-state index in [0.29, 0.717) is 5.69 Å². The molecule has 0 bridgehead atoms. The molecule has 0 spiro atoms. The van der Waals surface area contributed by atoms with Crippen LogP contribution in [0, 0.1) is 5.82 Å². The zero-order valence-electron chi connectivity index (χ0n) is 6.51. The van der Waals surface area contributed by atoms with Crippen LogP contribution in [0.15, 0.2) is 23.7 Å². The fourth-order valence-electron chi connectivity index (χ4n) is 0.650. The van der Waals surface area contributed by atoms with Crippen LogP contribution in [-0.4, -0.2) is 13.4 Å². The van der Waals surface area contributed by atoms with Gasteiger partial charge in [0.1, 0.15) is 5.82 Å². The first-order chi connectivity index (χ1) is 5.97. The molecule has 0 radical (unpaired) electrons. The molecule has 2 N–H and O–H groups in total. The van der Waals surface area contributed by atoms with E-state index in [2.05, 4.69) is 4.98 Å². The molecule has 1 aromatic rings. The topological polar surface area (TPSA) is 73.1 Å². The molecule has 1 aromatic heterocycles. The van der Waals surface area contributed by atoms with Crippen molar-refractivity contribution in [1.29, 1.82) is 0 Å². The predicted octanol–water partition coefficient (Wildman–Crippen LogP) is 0.480. The third-order valence-corrected chi connectivity index (χ3v) is 1.69. The molecule has 0 fully saturated rings. The second-order valence-corrected chi connectivity index (χ2v) is 3.74. The molecule has 13 heavy (non-hydrogen) atoms. The molecular formula is C7H7FN2O2S. The molecule has 1 heterocycles. The quantitative estimate of drug-likeness (QED) is 0.758. The number of nitrogens with two attached hydrogens (primary N) is 1. The molecule has 6 heteroatoms. The number of halogens is 1. The summed E-state index contributed by atoms with van der Waals surface area (Å²) >= 11 is 0. The Morgan fingerprint density at radius 1 is 1.46 bits per heavy atom. The molecule has 0 aliphatic carbocycles. The molecular weight excluding hydrogens is 195 g/mol. The summed E-state index contributed by atoms with van der Waals surface area (Å²) in [6.07, 6.45) is 2.18.